The second-order valence-electron chi connectivity index (χ2n) is 6.35. The van der Waals surface area contributed by atoms with E-state index in [-0.39, 0.29) is 6.42 Å². The van der Waals surface area contributed by atoms with Crippen LogP contribution in [0, 0.1) is 5.92 Å². The van der Waals surface area contributed by atoms with E-state index < -0.39 is 29.4 Å². The Kier molecular flexibility index (Phi) is 8.00. The Hall–Kier alpha value is -1.65. The third-order valence-electron chi connectivity index (χ3n) is 3.65. The third-order valence-corrected chi connectivity index (χ3v) is 3.65. The summed E-state index contributed by atoms with van der Waals surface area (Å²) in [5.41, 5.74) is 0. The molecule has 1 aliphatic rings. The summed E-state index contributed by atoms with van der Waals surface area (Å²) in [6.45, 7) is 5.09. The van der Waals surface area contributed by atoms with Crippen LogP contribution >= 0.6 is 0 Å². The van der Waals surface area contributed by atoms with Gasteiger partial charge in [0.25, 0.3) is 5.79 Å². The molecule has 0 aliphatic carbocycles. The van der Waals surface area contributed by atoms with Gasteiger partial charge in [0, 0.05) is 20.3 Å². The highest BCUT2D eigenvalue weighted by molar-refractivity contribution is 6.15. The van der Waals surface area contributed by atoms with E-state index in [2.05, 4.69) is 19.1 Å². The average Bonchev–Trinajstić information content (AvgIpc) is 2.43. The lowest BCUT2D eigenvalue weighted by molar-refractivity contribution is -0.238. The summed E-state index contributed by atoms with van der Waals surface area (Å²) in [5, 5.41) is 0. The highest BCUT2D eigenvalue weighted by Gasteiger charge is 2.46. The Morgan fingerprint density at radius 3 is 2.17 bits per heavy atom. The minimum Gasteiger partial charge on any atom is -0.422 e. The SMILES string of the molecule is CCC/C=C\CCCCCCC(=O)C1C(=O)OC(C)(C)OC1=O. The Morgan fingerprint density at radius 1 is 1.00 bits per heavy atom. The molecule has 0 N–H and O–H groups in total. The fraction of sp³-hybridized carbons (Fsp3) is 0.722. The molecule has 0 aromatic carbocycles. The Bertz CT molecular complexity index is 430. The van der Waals surface area contributed by atoms with Crippen LogP contribution in [-0.4, -0.2) is 23.5 Å². The molecule has 0 bridgehead atoms. The quantitative estimate of drug-likeness (QED) is 0.265. The zero-order valence-corrected chi connectivity index (χ0v) is 14.4. The largest absolute Gasteiger partial charge is 0.422 e. The van der Waals surface area contributed by atoms with Crippen molar-refractivity contribution in [1.82, 2.24) is 0 Å². The molecular weight excluding hydrogens is 296 g/mol. The van der Waals surface area contributed by atoms with E-state index in [1.807, 2.05) is 0 Å². The van der Waals surface area contributed by atoms with Crippen molar-refractivity contribution >= 4 is 17.7 Å². The predicted octanol–water partition coefficient (Wildman–Crippen LogP) is 3.70. The van der Waals surface area contributed by atoms with E-state index in [0.717, 1.165) is 32.1 Å². The van der Waals surface area contributed by atoms with Gasteiger partial charge in [0.05, 0.1) is 0 Å². The number of ether oxygens (including phenoxy) is 2. The van der Waals surface area contributed by atoms with Crippen molar-refractivity contribution in [2.24, 2.45) is 5.92 Å². The van der Waals surface area contributed by atoms with Crippen LogP contribution in [0.4, 0.5) is 0 Å². The molecule has 0 saturated carbocycles. The van der Waals surface area contributed by atoms with Gasteiger partial charge >= 0.3 is 11.9 Å². The van der Waals surface area contributed by atoms with Crippen LogP contribution in [0.3, 0.4) is 0 Å². The highest BCUT2D eigenvalue weighted by Crippen LogP contribution is 2.24. The summed E-state index contributed by atoms with van der Waals surface area (Å²) >= 11 is 0. The van der Waals surface area contributed by atoms with Crippen molar-refractivity contribution in [3.8, 4) is 0 Å². The van der Waals surface area contributed by atoms with Gasteiger partial charge in [0.1, 0.15) is 0 Å². The maximum Gasteiger partial charge on any atom is 0.331 e. The second-order valence-corrected chi connectivity index (χ2v) is 6.35. The fourth-order valence-corrected chi connectivity index (χ4v) is 2.44. The molecule has 0 spiro atoms. The number of unbranched alkanes of at least 4 members (excludes halogenated alkanes) is 5. The van der Waals surface area contributed by atoms with E-state index in [0.29, 0.717) is 6.42 Å². The number of Topliss-reactive ketones (excluding diaryl/α,β-unsaturated/α-hetero) is 1. The van der Waals surface area contributed by atoms with Crippen LogP contribution in [-0.2, 0) is 23.9 Å². The normalized spacial score (nSPS) is 18.0. The highest BCUT2D eigenvalue weighted by atomic mass is 16.7. The first-order valence-electron chi connectivity index (χ1n) is 8.51. The summed E-state index contributed by atoms with van der Waals surface area (Å²) in [6.07, 6.45) is 11.7. The number of carbonyl (C=O) groups is 3. The molecule has 23 heavy (non-hydrogen) atoms. The van der Waals surface area contributed by atoms with Crippen molar-refractivity contribution in [2.45, 2.75) is 77.9 Å². The van der Waals surface area contributed by atoms with Gasteiger partial charge in [0.15, 0.2) is 5.78 Å². The first-order valence-corrected chi connectivity index (χ1v) is 8.51. The van der Waals surface area contributed by atoms with Gasteiger partial charge in [-0.1, -0.05) is 38.3 Å². The van der Waals surface area contributed by atoms with E-state index in [1.165, 1.54) is 20.3 Å². The van der Waals surface area contributed by atoms with E-state index in [4.69, 9.17) is 9.47 Å². The van der Waals surface area contributed by atoms with E-state index >= 15 is 0 Å². The number of hydrogen-bond donors (Lipinski definition) is 0. The van der Waals surface area contributed by atoms with Crippen LogP contribution in [0.5, 0.6) is 0 Å². The lowest BCUT2D eigenvalue weighted by Crippen LogP contribution is -2.49. The van der Waals surface area contributed by atoms with Crippen molar-refractivity contribution < 1.29 is 23.9 Å². The summed E-state index contributed by atoms with van der Waals surface area (Å²) < 4.78 is 9.92. The van der Waals surface area contributed by atoms with Crippen LogP contribution in [0.2, 0.25) is 0 Å². The number of rotatable bonds is 10. The summed E-state index contributed by atoms with van der Waals surface area (Å²) in [6, 6.07) is 0. The first-order chi connectivity index (χ1) is 10.9. The molecule has 0 atom stereocenters. The third kappa shape index (κ3) is 6.97. The van der Waals surface area contributed by atoms with Crippen LogP contribution in [0.1, 0.15) is 72.1 Å². The van der Waals surface area contributed by atoms with Crippen molar-refractivity contribution in [1.29, 1.82) is 0 Å². The number of esters is 2. The van der Waals surface area contributed by atoms with Gasteiger partial charge in [0.2, 0.25) is 5.92 Å². The molecule has 1 saturated heterocycles. The monoisotopic (exact) mass is 324 g/mol. The topological polar surface area (TPSA) is 69.7 Å². The van der Waals surface area contributed by atoms with Crippen LogP contribution in [0.15, 0.2) is 12.2 Å². The molecule has 1 heterocycles. The summed E-state index contributed by atoms with van der Waals surface area (Å²) in [7, 11) is 0. The molecule has 1 aliphatic heterocycles. The van der Waals surface area contributed by atoms with E-state index in [9.17, 15) is 14.4 Å². The minimum atomic E-state index is -1.40. The lowest BCUT2D eigenvalue weighted by atomic mass is 9.97. The van der Waals surface area contributed by atoms with Crippen LogP contribution in [0.25, 0.3) is 0 Å². The number of allylic oxidation sites excluding steroid dienone is 2. The van der Waals surface area contributed by atoms with Gasteiger partial charge in [-0.05, 0) is 25.7 Å². The van der Waals surface area contributed by atoms with Gasteiger partial charge in [-0.15, -0.1) is 0 Å². The Labute approximate surface area is 138 Å². The molecule has 0 radical (unpaired) electrons. The molecule has 0 aromatic heterocycles. The van der Waals surface area contributed by atoms with Crippen molar-refractivity contribution in [2.75, 3.05) is 0 Å². The average molecular weight is 324 g/mol. The molecule has 0 aromatic rings. The molecule has 1 rings (SSSR count). The van der Waals surface area contributed by atoms with Gasteiger partial charge in [-0.25, -0.2) is 0 Å². The Morgan fingerprint density at radius 2 is 1.57 bits per heavy atom. The summed E-state index contributed by atoms with van der Waals surface area (Å²) in [4.78, 5) is 35.6. The summed E-state index contributed by atoms with van der Waals surface area (Å²) in [5.74, 6) is -4.68. The van der Waals surface area contributed by atoms with Gasteiger partial charge < -0.3 is 9.47 Å². The number of cyclic esters (lactones) is 2. The maximum absolute atomic E-state index is 12.0. The zero-order chi connectivity index (χ0) is 17.3. The second kappa shape index (κ2) is 9.48. The molecule has 130 valence electrons. The van der Waals surface area contributed by atoms with Gasteiger partial charge in [-0.2, -0.15) is 0 Å². The standard InChI is InChI=1S/C18H28O5/c1-4-5-6-7-8-9-10-11-12-13-14(19)15-16(20)22-18(2,3)23-17(15)21/h6-7,15H,4-5,8-13H2,1-3H3/b7-6-. The first kappa shape index (κ1) is 19.4. The zero-order valence-electron chi connectivity index (χ0n) is 14.4. The Balaban J connectivity index is 2.21. The number of carbonyl (C=O) groups excluding carboxylic acids is 3. The van der Waals surface area contributed by atoms with Crippen molar-refractivity contribution in [3.05, 3.63) is 12.2 Å². The molecule has 0 unspecified atom stereocenters. The molecular formula is C18H28O5. The molecule has 1 fully saturated rings. The smallest absolute Gasteiger partial charge is 0.331 e. The van der Waals surface area contributed by atoms with Crippen molar-refractivity contribution in [3.63, 3.8) is 0 Å². The van der Waals surface area contributed by atoms with E-state index in [1.54, 1.807) is 0 Å². The number of hydrogen-bond acceptors (Lipinski definition) is 5. The van der Waals surface area contributed by atoms with Crippen LogP contribution < -0.4 is 0 Å². The predicted molar refractivity (Wildman–Crippen MR) is 86.5 cm³/mol. The fourth-order valence-electron chi connectivity index (χ4n) is 2.44. The lowest BCUT2D eigenvalue weighted by Gasteiger charge is -2.32. The number of ketones is 1. The maximum atomic E-state index is 12.0. The van der Waals surface area contributed by atoms with Gasteiger partial charge in [-0.3, -0.25) is 14.4 Å². The molecule has 5 nitrogen and oxygen atoms in total. The molecule has 5 heteroatoms. The minimum absolute atomic E-state index is 0.209. The molecule has 0 amide bonds.